The molecule has 0 saturated carbocycles. The number of thioether (sulfide) groups is 1. The summed E-state index contributed by atoms with van der Waals surface area (Å²) in [6.45, 7) is 0.744. The van der Waals surface area contributed by atoms with Crippen LogP contribution in [0.5, 0.6) is 0 Å². The van der Waals surface area contributed by atoms with Crippen LogP contribution >= 0.6 is 23.1 Å². The van der Waals surface area contributed by atoms with Crippen LogP contribution in [0.1, 0.15) is 20.0 Å². The van der Waals surface area contributed by atoms with E-state index in [1.165, 1.54) is 23.1 Å². The fraction of sp³-hybridized carbons (Fsp3) is 0.133. The summed E-state index contributed by atoms with van der Waals surface area (Å²) in [6.07, 6.45) is 0. The standard InChI is InChI=1S/C15H13N3O2S2/c19-13(18-15-16-7-9-22-15)10-3-5-11(6-4-10)17-14(20)12-2-1-8-21-12/h1-6,8H,7,9H2,(H,17,20)(H,16,18,19). The molecular formula is C15H13N3O2S2. The Morgan fingerprint density at radius 1 is 1.05 bits per heavy atom. The first-order valence-electron chi connectivity index (χ1n) is 6.66. The van der Waals surface area contributed by atoms with Gasteiger partial charge in [0, 0.05) is 17.0 Å². The zero-order valence-electron chi connectivity index (χ0n) is 11.5. The molecule has 2 heterocycles. The summed E-state index contributed by atoms with van der Waals surface area (Å²) in [5, 5.41) is 8.08. The van der Waals surface area contributed by atoms with Gasteiger partial charge < -0.3 is 10.6 Å². The molecular weight excluding hydrogens is 318 g/mol. The van der Waals surface area contributed by atoms with Crippen LogP contribution in [0.4, 0.5) is 5.69 Å². The summed E-state index contributed by atoms with van der Waals surface area (Å²) in [6, 6.07) is 10.4. The average molecular weight is 331 g/mol. The zero-order chi connectivity index (χ0) is 15.4. The van der Waals surface area contributed by atoms with E-state index < -0.39 is 0 Å². The van der Waals surface area contributed by atoms with E-state index in [9.17, 15) is 9.59 Å². The molecule has 0 saturated heterocycles. The number of hydrogen-bond donors (Lipinski definition) is 2. The largest absolute Gasteiger partial charge is 0.321 e. The molecule has 1 aliphatic heterocycles. The van der Waals surface area contributed by atoms with Crippen LogP contribution in [-0.4, -0.2) is 29.3 Å². The van der Waals surface area contributed by atoms with Gasteiger partial charge in [-0.05, 0) is 35.7 Å². The second-order valence-corrected chi connectivity index (χ2v) is 6.53. The molecule has 1 aromatic carbocycles. The third-order valence-corrected chi connectivity index (χ3v) is 4.72. The number of amides is 2. The number of nitrogens with one attached hydrogen (secondary N) is 2. The molecule has 0 aliphatic carbocycles. The molecule has 2 aromatic rings. The molecule has 22 heavy (non-hydrogen) atoms. The first-order chi connectivity index (χ1) is 10.7. The van der Waals surface area contributed by atoms with E-state index in [-0.39, 0.29) is 11.8 Å². The van der Waals surface area contributed by atoms with Crippen LogP contribution in [-0.2, 0) is 0 Å². The van der Waals surface area contributed by atoms with E-state index in [1.807, 2.05) is 11.4 Å². The smallest absolute Gasteiger partial charge is 0.265 e. The molecule has 0 atom stereocenters. The van der Waals surface area contributed by atoms with E-state index in [0.717, 1.165) is 12.3 Å². The molecule has 2 amide bonds. The predicted octanol–water partition coefficient (Wildman–Crippen LogP) is 2.83. The van der Waals surface area contributed by atoms with Crippen molar-refractivity contribution in [3.8, 4) is 0 Å². The highest BCUT2D eigenvalue weighted by molar-refractivity contribution is 8.14. The van der Waals surface area contributed by atoms with Gasteiger partial charge in [0.05, 0.1) is 11.4 Å². The fourth-order valence-corrected chi connectivity index (χ4v) is 3.23. The Labute approximate surface area is 135 Å². The van der Waals surface area contributed by atoms with Crippen molar-refractivity contribution in [2.45, 2.75) is 0 Å². The van der Waals surface area contributed by atoms with Crippen molar-refractivity contribution in [3.05, 3.63) is 52.2 Å². The van der Waals surface area contributed by atoms with Crippen LogP contribution < -0.4 is 10.6 Å². The monoisotopic (exact) mass is 331 g/mol. The maximum absolute atomic E-state index is 12.0. The van der Waals surface area contributed by atoms with Gasteiger partial charge in [-0.3, -0.25) is 14.6 Å². The third kappa shape index (κ3) is 3.55. The van der Waals surface area contributed by atoms with E-state index in [4.69, 9.17) is 0 Å². The lowest BCUT2D eigenvalue weighted by Crippen LogP contribution is -2.27. The fourth-order valence-electron chi connectivity index (χ4n) is 1.89. The van der Waals surface area contributed by atoms with Crippen molar-refractivity contribution >= 4 is 45.8 Å². The summed E-state index contributed by atoms with van der Waals surface area (Å²) in [7, 11) is 0. The number of carbonyl (C=O) groups excluding carboxylic acids is 2. The normalized spacial score (nSPS) is 13.5. The summed E-state index contributed by atoms with van der Waals surface area (Å²) in [5.41, 5.74) is 1.19. The van der Waals surface area contributed by atoms with Crippen LogP contribution in [0.3, 0.4) is 0 Å². The molecule has 0 bridgehead atoms. The van der Waals surface area contributed by atoms with Gasteiger partial charge in [-0.25, -0.2) is 0 Å². The van der Waals surface area contributed by atoms with Gasteiger partial charge in [0.1, 0.15) is 0 Å². The number of amidine groups is 1. The van der Waals surface area contributed by atoms with Crippen molar-refractivity contribution in [2.24, 2.45) is 4.99 Å². The van der Waals surface area contributed by atoms with Gasteiger partial charge >= 0.3 is 0 Å². The van der Waals surface area contributed by atoms with E-state index in [2.05, 4.69) is 15.6 Å². The number of benzene rings is 1. The molecule has 2 N–H and O–H groups in total. The average Bonchev–Trinajstić information content (AvgIpc) is 3.21. The van der Waals surface area contributed by atoms with Gasteiger partial charge in [-0.1, -0.05) is 17.8 Å². The minimum Gasteiger partial charge on any atom is -0.321 e. The number of aliphatic imine (C=N–C) groups is 1. The Kier molecular flexibility index (Phi) is 4.55. The highest BCUT2D eigenvalue weighted by Gasteiger charge is 2.13. The number of carbonyl (C=O) groups is 2. The summed E-state index contributed by atoms with van der Waals surface area (Å²) in [4.78, 5) is 28.8. The number of thiophene rings is 1. The second-order valence-electron chi connectivity index (χ2n) is 4.50. The Bertz CT molecular complexity index is 709. The van der Waals surface area contributed by atoms with Crippen molar-refractivity contribution < 1.29 is 9.59 Å². The summed E-state index contributed by atoms with van der Waals surface area (Å²) >= 11 is 2.92. The lowest BCUT2D eigenvalue weighted by atomic mass is 10.2. The van der Waals surface area contributed by atoms with Crippen molar-refractivity contribution in [2.75, 3.05) is 17.6 Å². The van der Waals surface area contributed by atoms with E-state index in [1.54, 1.807) is 30.3 Å². The van der Waals surface area contributed by atoms with Gasteiger partial charge in [-0.15, -0.1) is 11.3 Å². The number of rotatable bonds is 3. The van der Waals surface area contributed by atoms with Gasteiger partial charge in [0.25, 0.3) is 11.8 Å². The van der Waals surface area contributed by atoms with Crippen LogP contribution in [0, 0.1) is 0 Å². The minimum atomic E-state index is -0.190. The lowest BCUT2D eigenvalue weighted by molar-refractivity contribution is 0.0977. The van der Waals surface area contributed by atoms with Gasteiger partial charge in [-0.2, -0.15) is 0 Å². The Balaban J connectivity index is 1.62. The maximum Gasteiger partial charge on any atom is 0.265 e. The van der Waals surface area contributed by atoms with Gasteiger partial charge in [0.15, 0.2) is 5.17 Å². The van der Waals surface area contributed by atoms with Crippen molar-refractivity contribution in [1.82, 2.24) is 5.32 Å². The molecule has 0 spiro atoms. The SMILES string of the molecule is O=C(NC1=NCCS1)c1ccc(NC(=O)c2cccs2)cc1. The highest BCUT2D eigenvalue weighted by Crippen LogP contribution is 2.15. The molecule has 7 heteroatoms. The first kappa shape index (κ1) is 14.8. The van der Waals surface area contributed by atoms with Crippen LogP contribution in [0.2, 0.25) is 0 Å². The Morgan fingerprint density at radius 3 is 2.50 bits per heavy atom. The van der Waals surface area contributed by atoms with Crippen molar-refractivity contribution in [1.29, 1.82) is 0 Å². The molecule has 0 unspecified atom stereocenters. The molecule has 0 fully saturated rings. The van der Waals surface area contributed by atoms with Crippen LogP contribution in [0.25, 0.3) is 0 Å². The molecule has 0 radical (unpaired) electrons. The topological polar surface area (TPSA) is 70.6 Å². The third-order valence-electron chi connectivity index (χ3n) is 2.96. The summed E-state index contributed by atoms with van der Waals surface area (Å²) in [5.74, 6) is 0.566. The number of anilines is 1. The second kappa shape index (κ2) is 6.76. The van der Waals surface area contributed by atoms with Crippen molar-refractivity contribution in [3.63, 3.8) is 0 Å². The maximum atomic E-state index is 12.0. The van der Waals surface area contributed by atoms with Gasteiger partial charge in [0.2, 0.25) is 0 Å². The number of nitrogens with zero attached hydrogens (tertiary/aromatic N) is 1. The highest BCUT2D eigenvalue weighted by atomic mass is 32.2. The minimum absolute atomic E-state index is 0.149. The lowest BCUT2D eigenvalue weighted by Gasteiger charge is -2.06. The Morgan fingerprint density at radius 2 is 1.86 bits per heavy atom. The Hall–Kier alpha value is -2.12. The molecule has 5 nitrogen and oxygen atoms in total. The molecule has 112 valence electrons. The predicted molar refractivity (Wildman–Crippen MR) is 90.9 cm³/mol. The quantitative estimate of drug-likeness (QED) is 0.908. The molecule has 1 aliphatic rings. The zero-order valence-corrected chi connectivity index (χ0v) is 13.2. The van der Waals surface area contributed by atoms with E-state index >= 15 is 0 Å². The summed E-state index contributed by atoms with van der Waals surface area (Å²) < 4.78 is 0. The first-order valence-corrected chi connectivity index (χ1v) is 8.52. The molecule has 3 rings (SSSR count). The number of hydrogen-bond acceptors (Lipinski definition) is 5. The molecule has 1 aromatic heterocycles. The van der Waals surface area contributed by atoms with Crippen LogP contribution in [0.15, 0.2) is 46.8 Å². The van der Waals surface area contributed by atoms with E-state index in [0.29, 0.717) is 21.3 Å².